The van der Waals surface area contributed by atoms with Gasteiger partial charge >= 0.3 is 0 Å². The number of phenolic OH excluding ortho intramolecular Hbond substituents is 1. The molecule has 0 unspecified atom stereocenters. The van der Waals surface area contributed by atoms with Crippen LogP contribution in [0.15, 0.2) is 81.9 Å². The van der Waals surface area contributed by atoms with Crippen LogP contribution in [0.25, 0.3) is 10.8 Å². The Morgan fingerprint density at radius 3 is 2.43 bits per heavy atom. The highest BCUT2D eigenvalue weighted by Crippen LogP contribution is 2.40. The molecule has 0 aromatic heterocycles. The molecule has 0 saturated heterocycles. The Morgan fingerprint density at radius 1 is 1.05 bits per heavy atom. The van der Waals surface area contributed by atoms with E-state index in [0.717, 1.165) is 6.07 Å². The van der Waals surface area contributed by atoms with Crippen LogP contribution in [0.3, 0.4) is 0 Å². The van der Waals surface area contributed by atoms with Gasteiger partial charge in [0.15, 0.2) is 5.75 Å². The number of azo groups is 1. The number of amides is 1. The highest BCUT2D eigenvalue weighted by atomic mass is 35.5. The number of benzene rings is 4. The number of halogens is 1. The van der Waals surface area contributed by atoms with E-state index in [4.69, 9.17) is 16.3 Å². The van der Waals surface area contributed by atoms with Crippen molar-refractivity contribution in [1.82, 2.24) is 0 Å². The predicted molar refractivity (Wildman–Crippen MR) is 141 cm³/mol. The molecular formula is C26H22ClN3O6S. The smallest absolute Gasteiger partial charge is 0.294 e. The van der Waals surface area contributed by atoms with Gasteiger partial charge in [-0.05, 0) is 67.3 Å². The second kappa shape index (κ2) is 10.6. The molecule has 0 aliphatic rings. The van der Waals surface area contributed by atoms with E-state index in [1.54, 1.807) is 54.6 Å². The SMILES string of the molecule is CCOc1ccc(NC(=O)c2cc3ccccc3c(N=Nc3cc(C)c(S(=O)(=O)O)cc3Cl)c2O)cc1. The molecule has 4 aromatic carbocycles. The van der Waals surface area contributed by atoms with Gasteiger partial charge in [-0.1, -0.05) is 35.9 Å². The number of carbonyl (C=O) groups excluding carboxylic acids is 1. The zero-order chi connectivity index (χ0) is 26.7. The van der Waals surface area contributed by atoms with Crippen LogP contribution in [-0.4, -0.2) is 30.6 Å². The molecule has 4 aromatic rings. The van der Waals surface area contributed by atoms with Crippen LogP contribution in [-0.2, 0) is 10.1 Å². The summed E-state index contributed by atoms with van der Waals surface area (Å²) < 4.78 is 37.8. The van der Waals surface area contributed by atoms with E-state index in [2.05, 4.69) is 15.5 Å². The van der Waals surface area contributed by atoms with Gasteiger partial charge in [0.05, 0.1) is 22.1 Å². The Bertz CT molecular complexity index is 1640. The largest absolute Gasteiger partial charge is 0.505 e. The fraction of sp³-hybridized carbons (Fsp3) is 0.115. The molecule has 0 heterocycles. The number of aromatic hydroxyl groups is 1. The number of aryl methyl sites for hydroxylation is 1. The first-order valence-electron chi connectivity index (χ1n) is 11.1. The van der Waals surface area contributed by atoms with E-state index in [-0.39, 0.29) is 32.4 Å². The van der Waals surface area contributed by atoms with E-state index in [1.807, 2.05) is 6.92 Å². The summed E-state index contributed by atoms with van der Waals surface area (Å²) >= 11 is 6.17. The Morgan fingerprint density at radius 2 is 1.76 bits per heavy atom. The number of ether oxygens (including phenoxy) is 1. The minimum absolute atomic E-state index is 0.0227. The number of anilines is 1. The van der Waals surface area contributed by atoms with Crippen LogP contribution in [0.5, 0.6) is 11.5 Å². The average molecular weight is 540 g/mol. The fourth-order valence-electron chi connectivity index (χ4n) is 3.70. The lowest BCUT2D eigenvalue weighted by molar-refractivity contribution is 0.102. The molecule has 0 aliphatic carbocycles. The highest BCUT2D eigenvalue weighted by molar-refractivity contribution is 7.85. The number of nitrogens with zero attached hydrogens (tertiary/aromatic N) is 2. The van der Waals surface area contributed by atoms with Crippen molar-refractivity contribution in [3.05, 3.63) is 82.9 Å². The van der Waals surface area contributed by atoms with Gasteiger partial charge in [-0.2, -0.15) is 8.42 Å². The van der Waals surface area contributed by atoms with Gasteiger partial charge in [0, 0.05) is 11.1 Å². The molecule has 3 N–H and O–H groups in total. The number of fused-ring (bicyclic) bond motifs is 1. The Hall–Kier alpha value is -3.99. The van der Waals surface area contributed by atoms with Gasteiger partial charge in [-0.15, -0.1) is 10.2 Å². The van der Waals surface area contributed by atoms with E-state index in [9.17, 15) is 22.9 Å². The van der Waals surface area contributed by atoms with Gasteiger partial charge in [-0.25, -0.2) is 0 Å². The molecule has 0 aliphatic heterocycles. The molecule has 0 bridgehead atoms. The molecule has 4 rings (SSSR count). The van der Waals surface area contributed by atoms with Crippen molar-refractivity contribution in [3.63, 3.8) is 0 Å². The number of carbonyl (C=O) groups is 1. The minimum atomic E-state index is -4.47. The van der Waals surface area contributed by atoms with Gasteiger partial charge in [-0.3, -0.25) is 9.35 Å². The maximum Gasteiger partial charge on any atom is 0.294 e. The third-order valence-electron chi connectivity index (χ3n) is 5.44. The molecule has 0 saturated carbocycles. The molecule has 0 fully saturated rings. The van der Waals surface area contributed by atoms with Crippen LogP contribution in [0.2, 0.25) is 5.02 Å². The summed E-state index contributed by atoms with van der Waals surface area (Å²) in [4.78, 5) is 12.7. The monoisotopic (exact) mass is 539 g/mol. The topological polar surface area (TPSA) is 138 Å². The van der Waals surface area contributed by atoms with E-state index in [1.165, 1.54) is 13.0 Å². The maximum atomic E-state index is 13.1. The summed E-state index contributed by atoms with van der Waals surface area (Å²) in [7, 11) is -4.47. The Labute approximate surface area is 218 Å². The normalized spacial score (nSPS) is 11.7. The zero-order valence-corrected chi connectivity index (χ0v) is 21.3. The van der Waals surface area contributed by atoms with Crippen molar-refractivity contribution in [3.8, 4) is 11.5 Å². The van der Waals surface area contributed by atoms with Crippen LogP contribution in [0.4, 0.5) is 17.1 Å². The van der Waals surface area contributed by atoms with Gasteiger partial charge in [0.1, 0.15) is 17.1 Å². The molecule has 1 amide bonds. The first kappa shape index (κ1) is 26.1. The summed E-state index contributed by atoms with van der Waals surface area (Å²) in [5, 5.41) is 23.1. The Kier molecular flexibility index (Phi) is 7.44. The number of nitrogens with one attached hydrogen (secondary N) is 1. The number of rotatable bonds is 7. The highest BCUT2D eigenvalue weighted by Gasteiger charge is 2.20. The lowest BCUT2D eigenvalue weighted by atomic mass is 10.0. The van der Waals surface area contributed by atoms with Crippen LogP contribution in [0, 0.1) is 6.92 Å². The van der Waals surface area contributed by atoms with Crippen molar-refractivity contribution < 1.29 is 27.6 Å². The second-order valence-corrected chi connectivity index (χ2v) is 9.80. The third kappa shape index (κ3) is 5.72. The molecule has 0 radical (unpaired) electrons. The average Bonchev–Trinajstić information content (AvgIpc) is 2.85. The second-order valence-electron chi connectivity index (χ2n) is 8.00. The standard InChI is InChI=1S/C26H22ClN3O6S/c1-3-36-18-10-8-17(9-11-18)28-26(32)20-13-16-6-4-5-7-19(16)24(25(20)31)30-29-22-12-15(2)23(14-21(22)27)37(33,34)35/h4-14,31H,3H2,1-2H3,(H,28,32)(H,33,34,35). The number of hydrogen-bond donors (Lipinski definition) is 3. The molecular weight excluding hydrogens is 518 g/mol. The Balaban J connectivity index is 1.73. The van der Waals surface area contributed by atoms with Gasteiger partial charge < -0.3 is 15.2 Å². The van der Waals surface area contributed by atoms with Crippen molar-refractivity contribution in [2.24, 2.45) is 10.2 Å². The van der Waals surface area contributed by atoms with Gasteiger partial charge in [0.25, 0.3) is 16.0 Å². The van der Waals surface area contributed by atoms with Crippen LogP contribution >= 0.6 is 11.6 Å². The predicted octanol–water partition coefficient (Wildman–Crippen LogP) is 6.82. The minimum Gasteiger partial charge on any atom is -0.505 e. The molecule has 9 nitrogen and oxygen atoms in total. The molecule has 190 valence electrons. The van der Waals surface area contributed by atoms with E-state index < -0.39 is 21.8 Å². The first-order chi connectivity index (χ1) is 17.6. The maximum absolute atomic E-state index is 13.1. The van der Waals surface area contributed by atoms with E-state index >= 15 is 0 Å². The van der Waals surface area contributed by atoms with Crippen LogP contribution in [0.1, 0.15) is 22.8 Å². The first-order valence-corrected chi connectivity index (χ1v) is 12.9. The summed E-state index contributed by atoms with van der Waals surface area (Å²) in [6.07, 6.45) is 0. The third-order valence-corrected chi connectivity index (χ3v) is 6.74. The quantitative estimate of drug-likeness (QED) is 0.174. The van der Waals surface area contributed by atoms with Gasteiger partial charge in [0.2, 0.25) is 0 Å². The number of hydrogen-bond acceptors (Lipinski definition) is 7. The molecule has 0 spiro atoms. The van der Waals surface area contributed by atoms with Crippen LogP contribution < -0.4 is 10.1 Å². The summed E-state index contributed by atoms with van der Waals surface area (Å²) in [5.41, 5.74) is 0.830. The molecule has 37 heavy (non-hydrogen) atoms. The zero-order valence-electron chi connectivity index (χ0n) is 19.8. The molecule has 11 heteroatoms. The fourth-order valence-corrected chi connectivity index (χ4v) is 4.70. The van der Waals surface area contributed by atoms with E-state index in [0.29, 0.717) is 28.8 Å². The summed E-state index contributed by atoms with van der Waals surface area (Å²) in [6.45, 7) is 3.86. The van der Waals surface area contributed by atoms with Crippen molar-refractivity contribution in [1.29, 1.82) is 0 Å². The summed E-state index contributed by atoms with van der Waals surface area (Å²) in [6, 6.07) is 17.8. The lowest BCUT2D eigenvalue weighted by Gasteiger charge is -2.12. The van der Waals surface area contributed by atoms with Crippen molar-refractivity contribution in [2.45, 2.75) is 18.7 Å². The van der Waals surface area contributed by atoms with Crippen molar-refractivity contribution in [2.75, 3.05) is 11.9 Å². The lowest BCUT2D eigenvalue weighted by Crippen LogP contribution is -2.12. The number of phenols is 1. The summed E-state index contributed by atoms with van der Waals surface area (Å²) in [5.74, 6) is -0.293. The van der Waals surface area contributed by atoms with Crippen molar-refractivity contribution >= 4 is 55.5 Å². The molecule has 0 atom stereocenters.